The average Bonchev–Trinajstić information content (AvgIpc) is 1.52. The number of hydrogen-bond donors (Lipinski definition) is 3. The number of rotatable bonds is 75. The highest BCUT2D eigenvalue weighted by Crippen LogP contribution is 2.45. The van der Waals surface area contributed by atoms with Gasteiger partial charge in [0.2, 0.25) is 0 Å². The highest BCUT2D eigenvalue weighted by atomic mass is 31.2. The van der Waals surface area contributed by atoms with E-state index in [1.807, 2.05) is 0 Å². The minimum Gasteiger partial charge on any atom is -0.462 e. The monoisotopic (exact) mass is 1420 g/mol. The molecular weight excluding hydrogens is 1270 g/mol. The van der Waals surface area contributed by atoms with Gasteiger partial charge in [-0.3, -0.25) is 37.3 Å². The first-order valence-electron chi connectivity index (χ1n) is 39.8. The van der Waals surface area contributed by atoms with E-state index in [-0.39, 0.29) is 25.7 Å². The molecule has 0 bridgehead atoms. The van der Waals surface area contributed by atoms with Crippen molar-refractivity contribution in [2.75, 3.05) is 39.6 Å². The fraction of sp³-hybridized carbons (Fsp3) is 0.897. The van der Waals surface area contributed by atoms with Crippen LogP contribution in [0.25, 0.3) is 0 Å². The van der Waals surface area contributed by atoms with Gasteiger partial charge in [0.15, 0.2) is 12.2 Å². The average molecular weight is 1420 g/mol. The second-order valence-corrected chi connectivity index (χ2v) is 31.3. The number of carbonyl (C=O) groups excluding carboxylic acids is 4. The van der Waals surface area contributed by atoms with Crippen molar-refractivity contribution in [3.63, 3.8) is 0 Å². The van der Waals surface area contributed by atoms with E-state index in [0.717, 1.165) is 115 Å². The van der Waals surface area contributed by atoms with Gasteiger partial charge in [-0.1, -0.05) is 329 Å². The third kappa shape index (κ3) is 71.7. The Morgan fingerprint density at radius 3 is 0.845 bits per heavy atom. The maximum atomic E-state index is 13.1. The first-order chi connectivity index (χ1) is 46.9. The van der Waals surface area contributed by atoms with E-state index in [4.69, 9.17) is 37.0 Å². The molecule has 0 heterocycles. The van der Waals surface area contributed by atoms with Crippen LogP contribution in [-0.2, 0) is 65.4 Å². The van der Waals surface area contributed by atoms with Crippen molar-refractivity contribution in [1.82, 2.24) is 0 Å². The molecule has 572 valence electrons. The first kappa shape index (κ1) is 94.5. The second kappa shape index (κ2) is 69.3. The van der Waals surface area contributed by atoms with E-state index >= 15 is 0 Å². The number of ether oxygens (including phenoxy) is 4. The Labute approximate surface area is 592 Å². The molecule has 0 aliphatic rings. The maximum absolute atomic E-state index is 13.1. The van der Waals surface area contributed by atoms with Crippen molar-refractivity contribution < 1.29 is 80.2 Å². The minimum atomic E-state index is -4.96. The molecule has 97 heavy (non-hydrogen) atoms. The van der Waals surface area contributed by atoms with Gasteiger partial charge in [-0.05, 0) is 63.2 Å². The predicted molar refractivity (Wildman–Crippen MR) is 395 cm³/mol. The van der Waals surface area contributed by atoms with Crippen LogP contribution >= 0.6 is 15.6 Å². The van der Waals surface area contributed by atoms with Gasteiger partial charge in [0.05, 0.1) is 26.4 Å². The number of phosphoric ester groups is 2. The van der Waals surface area contributed by atoms with Gasteiger partial charge in [0.25, 0.3) is 0 Å². The summed E-state index contributed by atoms with van der Waals surface area (Å²) in [5.41, 5.74) is 0. The topological polar surface area (TPSA) is 237 Å². The summed E-state index contributed by atoms with van der Waals surface area (Å²) < 4.78 is 68.5. The molecule has 2 unspecified atom stereocenters. The zero-order valence-corrected chi connectivity index (χ0v) is 64.7. The number of aliphatic hydroxyl groups is 1. The standard InChI is InChI=1S/C78H148O17P2/c1-7-9-11-13-15-17-19-21-23-24-26-30-35-39-43-51-57-62-77(82)94-73(66-88-75(80)60-54-48-41-37-33-31-27-28-32-36-40-46-52-58-70(3)4)68-92-96(84,85)90-64-72(79)65-91-97(86,87)93-69-74(67-89-76(81)61-55-49-45-44-47-53-59-71(5)6)95-78(83)63-56-50-42-38-34-29-25-22-20-18-16-14-12-10-8-2/h18,20,22,25,70-74,79H,7-17,19,21,23-24,26-69H2,1-6H3,(H,84,85)(H,86,87)/b20-18-,25-22-/t72-,73-,74-/m1/s1. The number of unbranched alkanes of at least 4 members (excludes halogenated alkanes) is 42. The van der Waals surface area contributed by atoms with E-state index < -0.39 is 97.5 Å². The molecule has 17 nitrogen and oxygen atoms in total. The van der Waals surface area contributed by atoms with Crippen LogP contribution in [0.2, 0.25) is 0 Å². The van der Waals surface area contributed by atoms with E-state index in [1.165, 1.54) is 180 Å². The lowest BCUT2D eigenvalue weighted by Crippen LogP contribution is -2.30. The molecule has 0 amide bonds. The fourth-order valence-electron chi connectivity index (χ4n) is 11.5. The minimum absolute atomic E-state index is 0.0840. The van der Waals surface area contributed by atoms with Gasteiger partial charge in [0.1, 0.15) is 19.3 Å². The lowest BCUT2D eigenvalue weighted by molar-refractivity contribution is -0.161. The molecule has 0 spiro atoms. The van der Waals surface area contributed by atoms with E-state index in [0.29, 0.717) is 31.6 Å². The van der Waals surface area contributed by atoms with Crippen molar-refractivity contribution >= 4 is 39.5 Å². The fourth-order valence-corrected chi connectivity index (χ4v) is 13.0. The molecule has 0 radical (unpaired) electrons. The van der Waals surface area contributed by atoms with Gasteiger partial charge in [-0.2, -0.15) is 0 Å². The highest BCUT2D eigenvalue weighted by molar-refractivity contribution is 7.47. The lowest BCUT2D eigenvalue weighted by atomic mass is 10.0. The SMILES string of the molecule is CCCCCC/C=C\C=C/CCCCCCCC(=O)O[C@H](COC(=O)CCCCCCCCC(C)C)COP(=O)(O)OC[C@H](O)COP(=O)(O)OC[C@@H](COC(=O)CCCCCCCCCCCCCCCC(C)C)OC(=O)CCCCCCCCCCCCCCCCCCC. The Balaban J connectivity index is 5.27. The number of esters is 4. The predicted octanol–water partition coefficient (Wildman–Crippen LogP) is 22.7. The first-order valence-corrected chi connectivity index (χ1v) is 42.8. The molecule has 19 heteroatoms. The molecule has 0 fully saturated rings. The van der Waals surface area contributed by atoms with Crippen LogP contribution in [0.4, 0.5) is 0 Å². The number of carbonyl (C=O) groups is 4. The molecule has 0 aliphatic carbocycles. The molecule has 0 rings (SSSR count). The van der Waals surface area contributed by atoms with Crippen LogP contribution < -0.4 is 0 Å². The third-order valence-electron chi connectivity index (χ3n) is 17.6. The lowest BCUT2D eigenvalue weighted by Gasteiger charge is -2.21. The zero-order valence-electron chi connectivity index (χ0n) is 62.9. The summed E-state index contributed by atoms with van der Waals surface area (Å²) in [6, 6.07) is 0. The van der Waals surface area contributed by atoms with E-state index in [2.05, 4.69) is 65.8 Å². The van der Waals surface area contributed by atoms with Crippen LogP contribution in [0.1, 0.15) is 382 Å². The van der Waals surface area contributed by atoms with Gasteiger partial charge in [-0.15, -0.1) is 0 Å². The Hall–Kier alpha value is -2.46. The molecule has 0 aliphatic heterocycles. The van der Waals surface area contributed by atoms with Crippen LogP contribution in [0.15, 0.2) is 24.3 Å². The highest BCUT2D eigenvalue weighted by Gasteiger charge is 2.30. The Kier molecular flexibility index (Phi) is 67.5. The number of aliphatic hydroxyl groups excluding tert-OH is 1. The third-order valence-corrected chi connectivity index (χ3v) is 19.5. The Morgan fingerprint density at radius 2 is 0.557 bits per heavy atom. The number of phosphoric acid groups is 2. The second-order valence-electron chi connectivity index (χ2n) is 28.4. The summed E-state index contributed by atoms with van der Waals surface area (Å²) in [4.78, 5) is 72.8. The van der Waals surface area contributed by atoms with Crippen LogP contribution in [0.5, 0.6) is 0 Å². The quantitative estimate of drug-likeness (QED) is 0.0169. The molecule has 5 atom stereocenters. The summed E-state index contributed by atoms with van der Waals surface area (Å²) in [6.07, 6.45) is 60.6. The van der Waals surface area contributed by atoms with Crippen molar-refractivity contribution in [3.05, 3.63) is 24.3 Å². The molecule has 0 saturated carbocycles. The van der Waals surface area contributed by atoms with E-state index in [9.17, 15) is 43.2 Å². The molecule has 0 aromatic heterocycles. The summed E-state index contributed by atoms with van der Waals surface area (Å²) in [5.74, 6) is -0.679. The normalized spacial score (nSPS) is 14.1. The van der Waals surface area contributed by atoms with Crippen molar-refractivity contribution in [3.8, 4) is 0 Å². The molecule has 0 saturated heterocycles. The Bertz CT molecular complexity index is 1970. The number of hydrogen-bond acceptors (Lipinski definition) is 15. The van der Waals surface area contributed by atoms with E-state index in [1.54, 1.807) is 0 Å². The van der Waals surface area contributed by atoms with Gasteiger partial charge >= 0.3 is 39.5 Å². The van der Waals surface area contributed by atoms with Crippen molar-refractivity contribution in [1.29, 1.82) is 0 Å². The van der Waals surface area contributed by atoms with Crippen LogP contribution in [0.3, 0.4) is 0 Å². The van der Waals surface area contributed by atoms with Crippen molar-refractivity contribution in [2.24, 2.45) is 11.8 Å². The summed E-state index contributed by atoms with van der Waals surface area (Å²) in [5, 5.41) is 10.6. The number of allylic oxidation sites excluding steroid dienone is 4. The van der Waals surface area contributed by atoms with Crippen LogP contribution in [-0.4, -0.2) is 96.7 Å². The van der Waals surface area contributed by atoms with Gasteiger partial charge in [0, 0.05) is 25.7 Å². The zero-order chi connectivity index (χ0) is 71.4. The maximum Gasteiger partial charge on any atom is 0.472 e. The summed E-state index contributed by atoms with van der Waals surface area (Å²) >= 11 is 0. The van der Waals surface area contributed by atoms with Crippen LogP contribution in [0, 0.1) is 11.8 Å². The largest absolute Gasteiger partial charge is 0.472 e. The van der Waals surface area contributed by atoms with Crippen molar-refractivity contribution in [2.45, 2.75) is 400 Å². The summed E-state index contributed by atoms with van der Waals surface area (Å²) in [7, 11) is -9.93. The van der Waals surface area contributed by atoms with Gasteiger partial charge < -0.3 is 33.8 Å². The summed E-state index contributed by atoms with van der Waals surface area (Å²) in [6.45, 7) is 9.48. The smallest absolute Gasteiger partial charge is 0.462 e. The molecular formula is C78H148O17P2. The van der Waals surface area contributed by atoms with Gasteiger partial charge in [-0.25, -0.2) is 9.13 Å². The Morgan fingerprint density at radius 1 is 0.320 bits per heavy atom. The molecule has 0 aromatic rings. The molecule has 0 aromatic carbocycles. The molecule has 3 N–H and O–H groups in total.